The molecule has 16 heavy (non-hydrogen) atoms. The highest BCUT2D eigenvalue weighted by Gasteiger charge is 2.11. The van der Waals surface area contributed by atoms with Gasteiger partial charge in [0.05, 0.1) is 6.61 Å². The third-order valence-corrected chi connectivity index (χ3v) is 2.93. The van der Waals surface area contributed by atoms with E-state index in [-0.39, 0.29) is 6.61 Å². The predicted octanol–water partition coefficient (Wildman–Crippen LogP) is 2.11. The molecule has 0 heterocycles. The number of aliphatic hydroxyl groups is 1. The number of halogens is 1. The average Bonchev–Trinajstić information content (AvgIpc) is 2.24. The second-order valence-corrected chi connectivity index (χ2v) is 4.95. The van der Waals surface area contributed by atoms with Crippen molar-refractivity contribution >= 4 is 21.6 Å². The summed E-state index contributed by atoms with van der Waals surface area (Å²) in [4.78, 5) is 2.16. The number of benzene rings is 1. The largest absolute Gasteiger partial charge is 0.395 e. The molecule has 0 aliphatic heterocycles. The Morgan fingerprint density at radius 3 is 2.56 bits per heavy atom. The van der Waals surface area contributed by atoms with Gasteiger partial charge in [0.25, 0.3) is 0 Å². The molecule has 0 spiro atoms. The van der Waals surface area contributed by atoms with Crippen molar-refractivity contribution in [1.82, 2.24) is 0 Å². The highest BCUT2D eigenvalue weighted by Crippen LogP contribution is 2.24. The minimum atomic E-state index is 0.155. The van der Waals surface area contributed by atoms with E-state index in [9.17, 15) is 0 Å². The summed E-state index contributed by atoms with van der Waals surface area (Å²) in [7, 11) is 0. The molecular formula is C12H19BrN2O. The number of nitrogens with zero attached hydrogens (tertiary/aromatic N) is 1. The van der Waals surface area contributed by atoms with Crippen LogP contribution in [0.4, 0.5) is 5.69 Å². The number of hydrogen-bond acceptors (Lipinski definition) is 3. The first-order chi connectivity index (χ1) is 7.58. The third kappa shape index (κ3) is 3.47. The smallest absolute Gasteiger partial charge is 0.0606 e. The topological polar surface area (TPSA) is 49.5 Å². The molecule has 0 aromatic heterocycles. The monoisotopic (exact) mass is 286 g/mol. The van der Waals surface area contributed by atoms with Crippen molar-refractivity contribution in [3.63, 3.8) is 0 Å². The fraction of sp³-hybridized carbons (Fsp3) is 0.500. The lowest BCUT2D eigenvalue weighted by Crippen LogP contribution is -2.33. The fourth-order valence-electron chi connectivity index (χ4n) is 1.71. The van der Waals surface area contributed by atoms with Crippen LogP contribution in [0.15, 0.2) is 22.7 Å². The van der Waals surface area contributed by atoms with E-state index in [2.05, 4.69) is 46.8 Å². The molecule has 1 aromatic carbocycles. The highest BCUT2D eigenvalue weighted by molar-refractivity contribution is 9.10. The summed E-state index contributed by atoms with van der Waals surface area (Å²) >= 11 is 3.48. The Balaban J connectivity index is 3.03. The first-order valence-electron chi connectivity index (χ1n) is 5.45. The molecule has 0 amide bonds. The van der Waals surface area contributed by atoms with E-state index in [1.54, 1.807) is 0 Å². The zero-order chi connectivity index (χ0) is 12.1. The van der Waals surface area contributed by atoms with Gasteiger partial charge in [0, 0.05) is 29.3 Å². The van der Waals surface area contributed by atoms with E-state index in [0.717, 1.165) is 15.7 Å². The lowest BCUT2D eigenvalue weighted by molar-refractivity contribution is 0.299. The van der Waals surface area contributed by atoms with Gasteiger partial charge in [0.15, 0.2) is 0 Å². The number of rotatable bonds is 5. The van der Waals surface area contributed by atoms with E-state index < -0.39 is 0 Å². The van der Waals surface area contributed by atoms with Gasteiger partial charge in [-0.1, -0.05) is 15.9 Å². The quantitative estimate of drug-likeness (QED) is 0.872. The Hall–Kier alpha value is -0.580. The first kappa shape index (κ1) is 13.5. The second kappa shape index (κ2) is 6.23. The zero-order valence-electron chi connectivity index (χ0n) is 9.78. The molecule has 0 fully saturated rings. The molecule has 1 aromatic rings. The van der Waals surface area contributed by atoms with E-state index in [4.69, 9.17) is 10.8 Å². The Morgan fingerprint density at radius 1 is 1.38 bits per heavy atom. The van der Waals surface area contributed by atoms with Gasteiger partial charge in [-0.25, -0.2) is 0 Å². The Kier molecular flexibility index (Phi) is 5.25. The fourth-order valence-corrected chi connectivity index (χ4v) is 2.24. The van der Waals surface area contributed by atoms with Crippen molar-refractivity contribution in [3.8, 4) is 0 Å². The molecule has 0 saturated heterocycles. The van der Waals surface area contributed by atoms with Gasteiger partial charge in [0.2, 0.25) is 0 Å². The Labute approximate surface area is 105 Å². The molecule has 90 valence electrons. The van der Waals surface area contributed by atoms with Crippen molar-refractivity contribution in [2.45, 2.75) is 26.4 Å². The molecule has 0 saturated carbocycles. The maximum absolute atomic E-state index is 9.06. The molecule has 0 radical (unpaired) electrons. The van der Waals surface area contributed by atoms with Crippen LogP contribution in [0.1, 0.15) is 19.4 Å². The number of hydrogen-bond donors (Lipinski definition) is 2. The van der Waals surface area contributed by atoms with Crippen LogP contribution in [0.3, 0.4) is 0 Å². The molecule has 4 heteroatoms. The van der Waals surface area contributed by atoms with E-state index in [0.29, 0.717) is 19.1 Å². The summed E-state index contributed by atoms with van der Waals surface area (Å²) in [5, 5.41) is 9.06. The van der Waals surface area contributed by atoms with Crippen molar-refractivity contribution in [2.24, 2.45) is 5.73 Å². The van der Waals surface area contributed by atoms with Gasteiger partial charge < -0.3 is 15.7 Å². The molecule has 3 nitrogen and oxygen atoms in total. The third-order valence-electron chi connectivity index (χ3n) is 2.47. The lowest BCUT2D eigenvalue weighted by atomic mass is 10.1. The van der Waals surface area contributed by atoms with Gasteiger partial charge in [-0.15, -0.1) is 0 Å². The van der Waals surface area contributed by atoms with Crippen LogP contribution in [0.2, 0.25) is 0 Å². The normalized spacial score (nSPS) is 10.9. The van der Waals surface area contributed by atoms with Crippen LogP contribution >= 0.6 is 15.9 Å². The second-order valence-electron chi connectivity index (χ2n) is 4.03. The van der Waals surface area contributed by atoms with Crippen LogP contribution < -0.4 is 10.6 Å². The summed E-state index contributed by atoms with van der Waals surface area (Å²) < 4.78 is 1.02. The minimum absolute atomic E-state index is 0.155. The van der Waals surface area contributed by atoms with Gasteiger partial charge in [0.1, 0.15) is 0 Å². The maximum atomic E-state index is 9.06. The highest BCUT2D eigenvalue weighted by atomic mass is 79.9. The predicted molar refractivity (Wildman–Crippen MR) is 71.6 cm³/mol. The van der Waals surface area contributed by atoms with Crippen molar-refractivity contribution in [3.05, 3.63) is 28.2 Å². The summed E-state index contributed by atoms with van der Waals surface area (Å²) in [6.45, 7) is 5.54. The van der Waals surface area contributed by atoms with E-state index in [1.807, 2.05) is 6.07 Å². The van der Waals surface area contributed by atoms with Gasteiger partial charge in [-0.05, 0) is 37.6 Å². The Morgan fingerprint density at radius 2 is 2.06 bits per heavy atom. The van der Waals surface area contributed by atoms with Crippen LogP contribution in [0.25, 0.3) is 0 Å². The van der Waals surface area contributed by atoms with Crippen LogP contribution in [-0.4, -0.2) is 24.3 Å². The molecule has 0 bridgehead atoms. The summed E-state index contributed by atoms with van der Waals surface area (Å²) in [5.74, 6) is 0. The lowest BCUT2D eigenvalue weighted by Gasteiger charge is -2.28. The molecule has 0 aliphatic carbocycles. The van der Waals surface area contributed by atoms with Crippen molar-refractivity contribution < 1.29 is 5.11 Å². The number of nitrogens with two attached hydrogens (primary N) is 1. The Bertz CT molecular complexity index is 342. The number of anilines is 1. The maximum Gasteiger partial charge on any atom is 0.0606 e. The standard InChI is InChI=1S/C12H19BrN2O/c1-9(2)15(3-4-16)12-6-10(8-14)5-11(13)7-12/h5-7,9,16H,3-4,8,14H2,1-2H3. The summed E-state index contributed by atoms with van der Waals surface area (Å²) in [5.41, 5.74) is 7.84. The van der Waals surface area contributed by atoms with Crippen molar-refractivity contribution in [2.75, 3.05) is 18.1 Å². The molecule has 0 unspecified atom stereocenters. The molecule has 1 rings (SSSR count). The van der Waals surface area contributed by atoms with E-state index in [1.165, 1.54) is 0 Å². The van der Waals surface area contributed by atoms with Crippen LogP contribution in [0, 0.1) is 0 Å². The van der Waals surface area contributed by atoms with Gasteiger partial charge in [-0.3, -0.25) is 0 Å². The zero-order valence-corrected chi connectivity index (χ0v) is 11.4. The molecule has 0 aliphatic rings. The van der Waals surface area contributed by atoms with Gasteiger partial charge in [-0.2, -0.15) is 0 Å². The van der Waals surface area contributed by atoms with Crippen LogP contribution in [-0.2, 0) is 6.54 Å². The molecular weight excluding hydrogens is 268 g/mol. The van der Waals surface area contributed by atoms with Gasteiger partial charge >= 0.3 is 0 Å². The van der Waals surface area contributed by atoms with E-state index >= 15 is 0 Å². The molecule has 3 N–H and O–H groups in total. The minimum Gasteiger partial charge on any atom is -0.395 e. The number of aliphatic hydroxyl groups excluding tert-OH is 1. The van der Waals surface area contributed by atoms with Crippen molar-refractivity contribution in [1.29, 1.82) is 0 Å². The average molecular weight is 287 g/mol. The summed E-state index contributed by atoms with van der Waals surface area (Å²) in [6.07, 6.45) is 0. The van der Waals surface area contributed by atoms with Crippen LogP contribution in [0.5, 0.6) is 0 Å². The SMILES string of the molecule is CC(C)N(CCO)c1cc(Br)cc(CN)c1. The summed E-state index contributed by atoms with van der Waals surface area (Å²) in [6, 6.07) is 6.49. The molecule has 0 atom stereocenters. The first-order valence-corrected chi connectivity index (χ1v) is 6.24.